The first kappa shape index (κ1) is 27.6. The summed E-state index contributed by atoms with van der Waals surface area (Å²) in [7, 11) is 0. The summed E-state index contributed by atoms with van der Waals surface area (Å²) in [4.78, 5) is 0. The molecule has 0 aromatic heterocycles. The Bertz CT molecular complexity index is 830. The molecule has 2 aromatic carbocycles. The van der Waals surface area contributed by atoms with Gasteiger partial charge in [0, 0.05) is 0 Å². The van der Waals surface area contributed by atoms with Gasteiger partial charge < -0.3 is 11.5 Å². The van der Waals surface area contributed by atoms with Crippen LogP contribution >= 0.6 is 0 Å². The number of benzene rings is 2. The molecule has 0 saturated carbocycles. The fraction of sp³-hybridized carbons (Fsp3) is 0.613. The summed E-state index contributed by atoms with van der Waals surface area (Å²) in [5.74, 6) is 0. The van der Waals surface area contributed by atoms with Gasteiger partial charge in [0.25, 0.3) is 0 Å². The number of rotatable bonds is 4. The summed E-state index contributed by atoms with van der Waals surface area (Å²) in [6.07, 6.45) is 0.694. The molecule has 0 spiro atoms. The highest BCUT2D eigenvalue weighted by atomic mass is 14.8. The lowest BCUT2D eigenvalue weighted by atomic mass is 9.62. The molecule has 0 radical (unpaired) electrons. The zero-order valence-corrected chi connectivity index (χ0v) is 23.5. The Balaban J connectivity index is 3.22. The molecule has 0 saturated heterocycles. The average molecular weight is 451 g/mol. The molecule has 0 unspecified atom stereocenters. The molecule has 2 rings (SSSR count). The third kappa shape index (κ3) is 5.54. The van der Waals surface area contributed by atoms with Crippen molar-refractivity contribution in [2.45, 2.75) is 117 Å². The largest absolute Gasteiger partial charge is 0.330 e. The summed E-state index contributed by atoms with van der Waals surface area (Å²) in [5.41, 5.74) is 21.0. The normalized spacial score (nSPS) is 14.0. The molecule has 0 bridgehead atoms. The van der Waals surface area contributed by atoms with Crippen molar-refractivity contribution < 1.29 is 0 Å². The predicted octanol–water partition coefficient (Wildman–Crippen LogP) is 7.43. The first-order valence-corrected chi connectivity index (χ1v) is 12.5. The summed E-state index contributed by atoms with van der Waals surface area (Å²) >= 11 is 0. The third-order valence-corrected chi connectivity index (χ3v) is 6.79. The molecule has 2 heteroatoms. The van der Waals surface area contributed by atoms with Crippen LogP contribution in [0.2, 0.25) is 0 Å². The Labute approximate surface area is 204 Å². The van der Waals surface area contributed by atoms with Crippen molar-refractivity contribution in [3.63, 3.8) is 0 Å². The molecule has 0 atom stereocenters. The summed E-state index contributed by atoms with van der Waals surface area (Å²) in [6, 6.07) is 13.5. The lowest BCUT2D eigenvalue weighted by molar-refractivity contribution is 0.429. The Morgan fingerprint density at radius 1 is 0.515 bits per heavy atom. The standard InChI is InChI=1S/C31H50N2/c1-27(2,3)21-15-13-16-22(28(4,5)6)25(21)31(33,19-20-32)26-23(29(7,8)9)17-14-18-24(26)30(10,11)12/h13-18H,19-20,32-33H2,1-12H3. The molecule has 0 fully saturated rings. The van der Waals surface area contributed by atoms with E-state index in [4.69, 9.17) is 11.5 Å². The molecule has 0 heterocycles. The zero-order chi connectivity index (χ0) is 25.6. The van der Waals surface area contributed by atoms with Crippen molar-refractivity contribution >= 4 is 0 Å². The minimum absolute atomic E-state index is 0.0472. The lowest BCUT2D eigenvalue weighted by Gasteiger charge is -2.44. The van der Waals surface area contributed by atoms with Gasteiger partial charge in [-0.1, -0.05) is 119 Å². The Morgan fingerprint density at radius 3 is 0.939 bits per heavy atom. The summed E-state index contributed by atoms with van der Waals surface area (Å²) in [5, 5.41) is 0. The van der Waals surface area contributed by atoms with Crippen LogP contribution in [0.25, 0.3) is 0 Å². The molecule has 4 N–H and O–H groups in total. The Morgan fingerprint density at radius 2 is 0.758 bits per heavy atom. The topological polar surface area (TPSA) is 52.0 Å². The summed E-state index contributed by atoms with van der Waals surface area (Å²) in [6.45, 7) is 28.0. The van der Waals surface area contributed by atoms with E-state index in [-0.39, 0.29) is 21.7 Å². The first-order chi connectivity index (χ1) is 14.8. The van der Waals surface area contributed by atoms with Crippen LogP contribution in [0, 0.1) is 0 Å². The van der Waals surface area contributed by atoms with E-state index in [9.17, 15) is 0 Å². The minimum atomic E-state index is -0.701. The van der Waals surface area contributed by atoms with E-state index in [0.29, 0.717) is 13.0 Å². The molecular formula is C31H50N2. The highest BCUT2D eigenvalue weighted by Crippen LogP contribution is 2.48. The second-order valence-electron chi connectivity index (χ2n) is 14.0. The Kier molecular flexibility index (Phi) is 7.41. The molecule has 0 amide bonds. The van der Waals surface area contributed by atoms with Gasteiger partial charge in [0.05, 0.1) is 5.54 Å². The number of hydrogen-bond acceptors (Lipinski definition) is 2. The van der Waals surface area contributed by atoms with Crippen molar-refractivity contribution in [3.05, 3.63) is 69.8 Å². The van der Waals surface area contributed by atoms with Gasteiger partial charge in [-0.2, -0.15) is 0 Å². The van der Waals surface area contributed by atoms with E-state index < -0.39 is 5.54 Å². The van der Waals surface area contributed by atoms with Crippen LogP contribution in [0.3, 0.4) is 0 Å². The van der Waals surface area contributed by atoms with Gasteiger partial charge in [-0.05, 0) is 68.0 Å². The van der Waals surface area contributed by atoms with Crippen molar-refractivity contribution in [1.29, 1.82) is 0 Å². The number of nitrogens with two attached hydrogens (primary N) is 2. The van der Waals surface area contributed by atoms with E-state index in [2.05, 4.69) is 119 Å². The van der Waals surface area contributed by atoms with Crippen LogP contribution in [0.15, 0.2) is 36.4 Å². The average Bonchev–Trinajstić information content (AvgIpc) is 2.64. The molecule has 2 aromatic rings. The van der Waals surface area contributed by atoms with E-state index in [1.54, 1.807) is 0 Å². The monoisotopic (exact) mass is 450 g/mol. The van der Waals surface area contributed by atoms with Crippen LogP contribution < -0.4 is 11.5 Å². The maximum absolute atomic E-state index is 7.76. The highest BCUT2D eigenvalue weighted by Gasteiger charge is 2.43. The lowest BCUT2D eigenvalue weighted by Crippen LogP contribution is -2.47. The van der Waals surface area contributed by atoms with Crippen molar-refractivity contribution in [2.24, 2.45) is 11.5 Å². The van der Waals surface area contributed by atoms with E-state index >= 15 is 0 Å². The SMILES string of the molecule is CC(C)(C)c1cccc(C(C)(C)C)c1C(N)(CCN)c1c(C(C)(C)C)cccc1C(C)(C)C. The van der Waals surface area contributed by atoms with Gasteiger partial charge in [-0.15, -0.1) is 0 Å². The fourth-order valence-electron chi connectivity index (χ4n) is 5.17. The van der Waals surface area contributed by atoms with Gasteiger partial charge in [0.2, 0.25) is 0 Å². The van der Waals surface area contributed by atoms with Gasteiger partial charge in [-0.3, -0.25) is 0 Å². The van der Waals surface area contributed by atoms with E-state index in [1.165, 1.54) is 33.4 Å². The predicted molar refractivity (Wildman–Crippen MR) is 146 cm³/mol. The number of hydrogen-bond donors (Lipinski definition) is 2. The van der Waals surface area contributed by atoms with Gasteiger partial charge >= 0.3 is 0 Å². The molecule has 33 heavy (non-hydrogen) atoms. The van der Waals surface area contributed by atoms with Crippen LogP contribution in [-0.2, 0) is 27.2 Å². The van der Waals surface area contributed by atoms with E-state index in [1.807, 2.05) is 0 Å². The molecule has 2 nitrogen and oxygen atoms in total. The highest BCUT2D eigenvalue weighted by molar-refractivity contribution is 5.57. The summed E-state index contributed by atoms with van der Waals surface area (Å²) < 4.78 is 0. The second kappa shape index (κ2) is 8.86. The van der Waals surface area contributed by atoms with Gasteiger partial charge in [0.15, 0.2) is 0 Å². The quantitative estimate of drug-likeness (QED) is 0.509. The van der Waals surface area contributed by atoms with Crippen molar-refractivity contribution in [2.75, 3.05) is 6.54 Å². The van der Waals surface area contributed by atoms with Crippen molar-refractivity contribution in [1.82, 2.24) is 0 Å². The van der Waals surface area contributed by atoms with Crippen molar-refractivity contribution in [3.8, 4) is 0 Å². The molecule has 0 aliphatic rings. The minimum Gasteiger partial charge on any atom is -0.330 e. The van der Waals surface area contributed by atoms with Gasteiger partial charge in [0.1, 0.15) is 0 Å². The zero-order valence-electron chi connectivity index (χ0n) is 23.5. The van der Waals surface area contributed by atoms with Crippen LogP contribution in [0.4, 0.5) is 0 Å². The molecular weight excluding hydrogens is 400 g/mol. The fourth-order valence-corrected chi connectivity index (χ4v) is 5.17. The van der Waals surface area contributed by atoms with Crippen LogP contribution in [-0.4, -0.2) is 6.54 Å². The first-order valence-electron chi connectivity index (χ1n) is 12.5. The molecule has 0 aliphatic carbocycles. The van der Waals surface area contributed by atoms with Crippen LogP contribution in [0.1, 0.15) is 123 Å². The third-order valence-electron chi connectivity index (χ3n) is 6.79. The maximum atomic E-state index is 7.76. The van der Waals surface area contributed by atoms with E-state index in [0.717, 1.165) is 0 Å². The molecule has 0 aliphatic heterocycles. The van der Waals surface area contributed by atoms with Crippen LogP contribution in [0.5, 0.6) is 0 Å². The Hall–Kier alpha value is -1.64. The maximum Gasteiger partial charge on any atom is 0.0689 e. The smallest absolute Gasteiger partial charge is 0.0689 e. The second-order valence-corrected chi connectivity index (χ2v) is 14.0. The molecule has 184 valence electrons. The van der Waals surface area contributed by atoms with Gasteiger partial charge in [-0.25, -0.2) is 0 Å².